The molecule has 0 heterocycles. The average Bonchev–Trinajstić information content (AvgIpc) is 2.20. The van der Waals surface area contributed by atoms with Crippen molar-refractivity contribution in [3.8, 4) is 5.75 Å². The molecule has 6 heteroatoms. The van der Waals surface area contributed by atoms with E-state index >= 15 is 0 Å². The molecule has 5 nitrogen and oxygen atoms in total. The highest BCUT2D eigenvalue weighted by molar-refractivity contribution is 9.10. The van der Waals surface area contributed by atoms with E-state index in [1.54, 1.807) is 12.1 Å². The Balaban J connectivity index is 2.80. The van der Waals surface area contributed by atoms with Crippen LogP contribution in [0.4, 0.5) is 5.69 Å². The number of rotatable bonds is 5. The molecule has 0 radical (unpaired) electrons. The Labute approximate surface area is 95.7 Å². The van der Waals surface area contributed by atoms with E-state index in [0.29, 0.717) is 23.4 Å². The second-order valence-corrected chi connectivity index (χ2v) is 3.59. The van der Waals surface area contributed by atoms with Crippen molar-refractivity contribution >= 4 is 21.6 Å². The van der Waals surface area contributed by atoms with Gasteiger partial charge in [-0.25, -0.2) is 0 Å². The number of nitrogens with one attached hydrogen (secondary N) is 1. The molecule has 1 aromatic rings. The number of ether oxygens (including phenoxy) is 1. The van der Waals surface area contributed by atoms with E-state index in [9.17, 15) is 10.1 Å². The van der Waals surface area contributed by atoms with Gasteiger partial charge in [-0.1, -0.05) is 6.07 Å². The van der Waals surface area contributed by atoms with Crippen LogP contribution in [0.15, 0.2) is 22.7 Å². The maximum absolute atomic E-state index is 10.6. The zero-order chi connectivity index (χ0) is 11.3. The Bertz CT molecular complexity index is 357. The highest BCUT2D eigenvalue weighted by Gasteiger charge is 2.15. The highest BCUT2D eigenvalue weighted by atomic mass is 79.9. The normalized spacial score (nSPS) is 10.0. The molecule has 0 unspecified atom stereocenters. The number of hydrogen-bond acceptors (Lipinski definition) is 4. The molecule has 0 saturated heterocycles. The molecular formula is C9H11BrN2O3. The van der Waals surface area contributed by atoms with Crippen LogP contribution in [0.3, 0.4) is 0 Å². The molecule has 0 bridgehead atoms. The maximum Gasteiger partial charge on any atom is 0.287 e. The molecule has 0 aromatic heterocycles. The number of halogens is 1. The van der Waals surface area contributed by atoms with Crippen LogP contribution >= 0.6 is 15.9 Å². The van der Waals surface area contributed by atoms with Crippen LogP contribution < -0.4 is 10.1 Å². The molecule has 0 spiro atoms. The summed E-state index contributed by atoms with van der Waals surface area (Å²) in [4.78, 5) is 10.2. The van der Waals surface area contributed by atoms with Crippen LogP contribution in [0.1, 0.15) is 0 Å². The Kier molecular flexibility index (Phi) is 4.51. The second kappa shape index (κ2) is 5.67. The minimum atomic E-state index is -0.449. The van der Waals surface area contributed by atoms with Crippen LogP contribution in [-0.2, 0) is 0 Å². The van der Waals surface area contributed by atoms with Gasteiger partial charge in [-0.2, -0.15) is 0 Å². The van der Waals surface area contributed by atoms with Gasteiger partial charge in [-0.15, -0.1) is 0 Å². The zero-order valence-corrected chi connectivity index (χ0v) is 9.78. The summed E-state index contributed by atoms with van der Waals surface area (Å²) in [7, 11) is 1.81. The summed E-state index contributed by atoms with van der Waals surface area (Å²) in [5.41, 5.74) is 0.0111. The molecule has 1 rings (SSSR count). The number of nitrogens with zero attached hydrogens (tertiary/aromatic N) is 1. The van der Waals surface area contributed by atoms with E-state index < -0.39 is 4.92 Å². The standard InChI is InChI=1S/C9H11BrN2O3/c1-11-5-6-15-8-4-2-3-7(9(8)10)12(13)14/h2-4,11H,5-6H2,1H3. The lowest BCUT2D eigenvalue weighted by molar-refractivity contribution is -0.385. The van der Waals surface area contributed by atoms with E-state index in [0.717, 1.165) is 0 Å². The first-order valence-electron chi connectivity index (χ1n) is 4.37. The number of benzene rings is 1. The van der Waals surface area contributed by atoms with Gasteiger partial charge in [0.25, 0.3) is 5.69 Å². The van der Waals surface area contributed by atoms with Gasteiger partial charge in [0.1, 0.15) is 16.8 Å². The van der Waals surface area contributed by atoms with Gasteiger partial charge in [0.05, 0.1) is 4.92 Å². The Morgan fingerprint density at radius 2 is 2.33 bits per heavy atom. The van der Waals surface area contributed by atoms with Crippen LogP contribution in [0.2, 0.25) is 0 Å². The first-order valence-corrected chi connectivity index (χ1v) is 5.16. The minimum absolute atomic E-state index is 0.0111. The lowest BCUT2D eigenvalue weighted by atomic mass is 10.3. The van der Waals surface area contributed by atoms with Crippen molar-refractivity contribution in [1.29, 1.82) is 0 Å². The summed E-state index contributed by atoms with van der Waals surface area (Å²) in [5, 5.41) is 13.5. The zero-order valence-electron chi connectivity index (χ0n) is 8.20. The molecule has 1 aromatic carbocycles. The molecule has 0 aliphatic heterocycles. The molecule has 0 aliphatic carbocycles. The molecule has 15 heavy (non-hydrogen) atoms. The van der Waals surface area contributed by atoms with Crippen molar-refractivity contribution in [2.24, 2.45) is 0 Å². The topological polar surface area (TPSA) is 64.4 Å². The van der Waals surface area contributed by atoms with Crippen molar-refractivity contribution in [3.63, 3.8) is 0 Å². The molecule has 0 atom stereocenters. The van der Waals surface area contributed by atoms with Crippen LogP contribution in [-0.4, -0.2) is 25.1 Å². The van der Waals surface area contributed by atoms with Gasteiger partial charge >= 0.3 is 0 Å². The average molecular weight is 275 g/mol. The smallest absolute Gasteiger partial charge is 0.287 e. The summed E-state index contributed by atoms with van der Waals surface area (Å²) in [5.74, 6) is 0.486. The Morgan fingerprint density at radius 3 is 2.93 bits per heavy atom. The monoisotopic (exact) mass is 274 g/mol. The third kappa shape index (κ3) is 3.17. The quantitative estimate of drug-likeness (QED) is 0.507. The third-order valence-corrected chi connectivity index (χ3v) is 2.55. The molecular weight excluding hydrogens is 264 g/mol. The highest BCUT2D eigenvalue weighted by Crippen LogP contribution is 2.33. The number of nitro groups is 1. The SMILES string of the molecule is CNCCOc1cccc([N+](=O)[O-])c1Br. The fourth-order valence-electron chi connectivity index (χ4n) is 1.01. The summed E-state index contributed by atoms with van der Waals surface area (Å²) < 4.78 is 5.73. The Hall–Kier alpha value is -1.14. The van der Waals surface area contributed by atoms with E-state index in [4.69, 9.17) is 4.74 Å². The maximum atomic E-state index is 10.6. The van der Waals surface area contributed by atoms with Crippen molar-refractivity contribution in [3.05, 3.63) is 32.8 Å². The number of hydrogen-bond donors (Lipinski definition) is 1. The van der Waals surface area contributed by atoms with Gasteiger partial charge in [0, 0.05) is 12.6 Å². The fraction of sp³-hybridized carbons (Fsp3) is 0.333. The predicted octanol–water partition coefficient (Wildman–Crippen LogP) is 1.96. The third-order valence-electron chi connectivity index (χ3n) is 1.75. The summed E-state index contributed by atoms with van der Waals surface area (Å²) >= 11 is 3.15. The van der Waals surface area contributed by atoms with Gasteiger partial charge < -0.3 is 10.1 Å². The van der Waals surface area contributed by atoms with Gasteiger partial charge in [-0.05, 0) is 29.0 Å². The van der Waals surface area contributed by atoms with Crippen LogP contribution in [0, 0.1) is 10.1 Å². The van der Waals surface area contributed by atoms with E-state index in [2.05, 4.69) is 21.2 Å². The van der Waals surface area contributed by atoms with Crippen molar-refractivity contribution in [2.45, 2.75) is 0 Å². The molecule has 0 fully saturated rings. The molecule has 1 N–H and O–H groups in total. The molecule has 0 amide bonds. The summed E-state index contributed by atoms with van der Waals surface area (Å²) in [6, 6.07) is 4.71. The molecule has 0 saturated carbocycles. The first kappa shape index (κ1) is 11.9. The van der Waals surface area contributed by atoms with Crippen molar-refractivity contribution < 1.29 is 9.66 Å². The van der Waals surface area contributed by atoms with E-state index in [-0.39, 0.29) is 5.69 Å². The predicted molar refractivity (Wildman–Crippen MR) is 60.2 cm³/mol. The lowest BCUT2D eigenvalue weighted by Gasteiger charge is -2.07. The largest absolute Gasteiger partial charge is 0.491 e. The fourth-order valence-corrected chi connectivity index (χ4v) is 1.54. The lowest BCUT2D eigenvalue weighted by Crippen LogP contribution is -2.16. The summed E-state index contributed by atoms with van der Waals surface area (Å²) in [6.45, 7) is 1.16. The number of likely N-dealkylation sites (N-methyl/N-ethyl adjacent to an activating group) is 1. The van der Waals surface area contributed by atoms with Crippen LogP contribution in [0.25, 0.3) is 0 Å². The van der Waals surface area contributed by atoms with Crippen molar-refractivity contribution in [2.75, 3.05) is 20.2 Å². The van der Waals surface area contributed by atoms with Gasteiger partial charge in [0.2, 0.25) is 0 Å². The van der Waals surface area contributed by atoms with Gasteiger partial charge in [0.15, 0.2) is 0 Å². The Morgan fingerprint density at radius 1 is 1.60 bits per heavy atom. The molecule has 0 aliphatic rings. The van der Waals surface area contributed by atoms with Crippen LogP contribution in [0.5, 0.6) is 5.75 Å². The van der Waals surface area contributed by atoms with E-state index in [1.807, 2.05) is 7.05 Å². The summed E-state index contributed by atoms with van der Waals surface area (Å²) in [6.07, 6.45) is 0. The first-order chi connectivity index (χ1) is 7.16. The number of nitro benzene ring substituents is 1. The second-order valence-electron chi connectivity index (χ2n) is 2.80. The van der Waals surface area contributed by atoms with E-state index in [1.165, 1.54) is 6.07 Å². The molecule has 82 valence electrons. The minimum Gasteiger partial charge on any atom is -0.491 e. The van der Waals surface area contributed by atoms with Gasteiger partial charge in [-0.3, -0.25) is 10.1 Å². The van der Waals surface area contributed by atoms with Crippen molar-refractivity contribution in [1.82, 2.24) is 5.32 Å².